The number of nitrogens with one attached hydrogen (secondary N) is 3. The maximum absolute atomic E-state index is 10.6. The van der Waals surface area contributed by atoms with Gasteiger partial charge in [0.2, 0.25) is 0 Å². The van der Waals surface area contributed by atoms with Gasteiger partial charge >= 0.3 is 10.1 Å². The molecule has 0 spiro atoms. The third-order valence-corrected chi connectivity index (χ3v) is 8.92. The summed E-state index contributed by atoms with van der Waals surface area (Å²) in [5.74, 6) is 1.59. The molecule has 3 aromatic rings. The highest BCUT2D eigenvalue weighted by atomic mass is 32.3. The van der Waals surface area contributed by atoms with Crippen molar-refractivity contribution < 1.29 is 17.7 Å². The number of hydrogen-bond acceptors (Lipinski definition) is 8. The maximum Gasteiger partial charge on any atom is 0.305 e. The molecule has 4 N–H and O–H groups in total. The van der Waals surface area contributed by atoms with E-state index in [9.17, 15) is 8.42 Å². The number of anilines is 1. The molecule has 0 amide bonds. The van der Waals surface area contributed by atoms with Crippen molar-refractivity contribution >= 4 is 27.1 Å². The first-order chi connectivity index (χ1) is 18.9. The molecule has 2 heterocycles. The van der Waals surface area contributed by atoms with Crippen LogP contribution in [0.5, 0.6) is 5.75 Å². The van der Waals surface area contributed by atoms with Crippen molar-refractivity contribution in [3.63, 3.8) is 0 Å². The van der Waals surface area contributed by atoms with E-state index in [-0.39, 0.29) is 10.3 Å². The Balaban J connectivity index is 0.000000336. The molecule has 0 aliphatic carbocycles. The molecule has 1 fully saturated rings. The second-order valence-electron chi connectivity index (χ2n) is 10.8. The smallest absolute Gasteiger partial charge is 0.305 e. The first kappa shape index (κ1) is 32.0. The molecule has 40 heavy (non-hydrogen) atoms. The number of aromatic nitrogens is 1. The van der Waals surface area contributed by atoms with Crippen LogP contribution in [0.1, 0.15) is 68.4 Å². The Morgan fingerprint density at radius 1 is 1.12 bits per heavy atom. The van der Waals surface area contributed by atoms with Gasteiger partial charge in [-0.05, 0) is 76.8 Å². The van der Waals surface area contributed by atoms with Gasteiger partial charge in [0.1, 0.15) is 5.75 Å². The van der Waals surface area contributed by atoms with Gasteiger partial charge in [0.05, 0.1) is 16.8 Å². The Labute approximate surface area is 243 Å². The Morgan fingerprint density at radius 3 is 2.42 bits per heavy atom. The van der Waals surface area contributed by atoms with Crippen LogP contribution in [-0.4, -0.2) is 43.2 Å². The number of aryl methyl sites for hydroxylation is 2. The number of thiazole rings is 1. The van der Waals surface area contributed by atoms with Crippen LogP contribution in [0.25, 0.3) is 0 Å². The number of ether oxygens (including phenoxy) is 1. The number of piperidine rings is 1. The van der Waals surface area contributed by atoms with Gasteiger partial charge < -0.3 is 20.7 Å². The molecule has 1 aromatic heterocycles. The number of rotatable bonds is 10. The minimum atomic E-state index is -4.06. The van der Waals surface area contributed by atoms with Gasteiger partial charge in [-0.2, -0.15) is 8.42 Å². The summed E-state index contributed by atoms with van der Waals surface area (Å²) in [6, 6.07) is 18.0. The second kappa shape index (κ2) is 14.9. The van der Waals surface area contributed by atoms with Gasteiger partial charge in [0.15, 0.2) is 4.21 Å². The van der Waals surface area contributed by atoms with E-state index in [0.717, 1.165) is 42.4 Å². The molecule has 0 saturated carbocycles. The van der Waals surface area contributed by atoms with E-state index >= 15 is 0 Å². The van der Waals surface area contributed by atoms with Crippen molar-refractivity contribution in [2.24, 2.45) is 5.92 Å². The van der Waals surface area contributed by atoms with E-state index in [1.807, 2.05) is 0 Å². The molecule has 220 valence electrons. The van der Waals surface area contributed by atoms with Crippen molar-refractivity contribution in [1.29, 1.82) is 0 Å². The number of benzene rings is 2. The van der Waals surface area contributed by atoms with E-state index in [1.165, 1.54) is 24.0 Å². The van der Waals surface area contributed by atoms with E-state index in [1.54, 1.807) is 13.8 Å². The summed E-state index contributed by atoms with van der Waals surface area (Å²) in [5, 5.41) is 11.7. The van der Waals surface area contributed by atoms with Gasteiger partial charge in [0.25, 0.3) is 0 Å². The highest BCUT2D eigenvalue weighted by Crippen LogP contribution is 2.27. The Hall–Kier alpha value is -2.50. The van der Waals surface area contributed by atoms with E-state index in [4.69, 9.17) is 9.29 Å². The molecule has 1 aliphatic heterocycles. The van der Waals surface area contributed by atoms with Gasteiger partial charge in [-0.1, -0.05) is 44.2 Å². The number of hydrogen-bond donors (Lipinski definition) is 4. The lowest BCUT2D eigenvalue weighted by Crippen LogP contribution is -2.45. The van der Waals surface area contributed by atoms with Crippen LogP contribution in [0.3, 0.4) is 0 Å². The average Bonchev–Trinajstić information content (AvgIpc) is 3.26. The summed E-state index contributed by atoms with van der Waals surface area (Å²) in [6.07, 6.45) is 2.54. The average molecular weight is 589 g/mol. The second-order valence-corrected chi connectivity index (χ2v) is 13.6. The third-order valence-electron chi connectivity index (χ3n) is 6.40. The summed E-state index contributed by atoms with van der Waals surface area (Å²) in [6.45, 7) is 14.7. The normalized spacial score (nSPS) is 17.4. The lowest BCUT2D eigenvalue weighted by molar-refractivity contribution is 0.238. The zero-order valence-electron chi connectivity index (χ0n) is 24.4. The summed E-state index contributed by atoms with van der Waals surface area (Å²) >= 11 is 0.972. The van der Waals surface area contributed by atoms with E-state index in [2.05, 4.69) is 97.2 Å². The molecule has 10 heteroatoms. The molecule has 2 atom stereocenters. The van der Waals surface area contributed by atoms with Crippen LogP contribution in [0.4, 0.5) is 5.69 Å². The number of nitrogens with zero attached hydrogens (tertiary/aromatic N) is 1. The van der Waals surface area contributed by atoms with E-state index in [0.29, 0.717) is 28.7 Å². The molecule has 8 nitrogen and oxygen atoms in total. The molecule has 0 bridgehead atoms. The molecule has 1 saturated heterocycles. The Bertz CT molecular complexity index is 1310. The van der Waals surface area contributed by atoms with Crippen molar-refractivity contribution in [2.45, 2.75) is 83.3 Å². The van der Waals surface area contributed by atoms with Gasteiger partial charge in [-0.3, -0.25) is 4.55 Å². The van der Waals surface area contributed by atoms with Crippen LogP contribution in [0.2, 0.25) is 0 Å². The first-order valence-electron chi connectivity index (χ1n) is 13.9. The lowest BCUT2D eigenvalue weighted by Gasteiger charge is -2.34. The Kier molecular flexibility index (Phi) is 12.0. The predicted molar refractivity (Wildman–Crippen MR) is 164 cm³/mol. The van der Waals surface area contributed by atoms with Gasteiger partial charge in [-0.25, -0.2) is 4.98 Å². The molecular formula is C30H44N4O4S2. The van der Waals surface area contributed by atoms with Crippen molar-refractivity contribution in [3.8, 4) is 5.75 Å². The highest BCUT2D eigenvalue weighted by molar-refractivity contribution is 7.88. The van der Waals surface area contributed by atoms with Crippen molar-refractivity contribution in [1.82, 2.24) is 15.6 Å². The van der Waals surface area contributed by atoms with Gasteiger partial charge in [0, 0.05) is 36.4 Å². The predicted octanol–water partition coefficient (Wildman–Crippen LogP) is 6.13. The summed E-state index contributed by atoms with van der Waals surface area (Å²) < 4.78 is 35.8. The fraction of sp³-hybridized carbons (Fsp3) is 0.500. The highest BCUT2D eigenvalue weighted by Gasteiger charge is 2.26. The van der Waals surface area contributed by atoms with Crippen LogP contribution >= 0.6 is 11.3 Å². The zero-order valence-corrected chi connectivity index (χ0v) is 26.0. The van der Waals surface area contributed by atoms with Gasteiger partial charge in [-0.15, -0.1) is 11.3 Å². The van der Waals surface area contributed by atoms with Crippen LogP contribution in [-0.2, 0) is 16.7 Å². The molecule has 0 unspecified atom stereocenters. The lowest BCUT2D eigenvalue weighted by atomic mass is 9.92. The SMILES string of the molecule is CC(C)CNc1ccc(OC(C)C)c(CN[C@H]2CCCN[C@H]2c2ccccc2)c1.Cc1nc(C)c(S(=O)(=O)O)s1. The fourth-order valence-corrected chi connectivity index (χ4v) is 6.48. The quantitative estimate of drug-likeness (QED) is 0.209. The molecule has 1 aliphatic rings. The van der Waals surface area contributed by atoms with Crippen molar-refractivity contribution in [2.75, 3.05) is 18.4 Å². The summed E-state index contributed by atoms with van der Waals surface area (Å²) in [4.78, 5) is 3.86. The Morgan fingerprint density at radius 2 is 1.85 bits per heavy atom. The summed E-state index contributed by atoms with van der Waals surface area (Å²) in [5.41, 5.74) is 4.09. The topological polar surface area (TPSA) is 113 Å². The molecular weight excluding hydrogens is 544 g/mol. The summed E-state index contributed by atoms with van der Waals surface area (Å²) in [7, 11) is -4.06. The third kappa shape index (κ3) is 9.85. The van der Waals surface area contributed by atoms with Crippen molar-refractivity contribution in [3.05, 3.63) is 70.4 Å². The fourth-order valence-electron chi connectivity index (χ4n) is 4.63. The monoisotopic (exact) mass is 588 g/mol. The standard InChI is InChI=1S/C25H37N3O.C5H7NO3S2/c1-18(2)16-27-22-12-13-24(29-19(3)4)21(15-22)17-28-23-11-8-14-26-25(23)20-9-6-5-7-10-20;1-3-5(11(7,8)9)10-4(2)6-3/h5-7,9-10,12-13,15,18-19,23,25-28H,8,11,14,16-17H2,1-4H3;1-2H3,(H,7,8,9)/t23-,25-;/m0./s1. The molecule has 4 rings (SSSR count). The molecule has 2 aromatic carbocycles. The minimum Gasteiger partial charge on any atom is -0.491 e. The molecule has 0 radical (unpaired) electrons. The largest absolute Gasteiger partial charge is 0.491 e. The van der Waals surface area contributed by atoms with Crippen LogP contribution in [0, 0.1) is 19.8 Å². The zero-order chi connectivity index (χ0) is 29.3. The maximum atomic E-state index is 10.6. The first-order valence-corrected chi connectivity index (χ1v) is 16.2. The van der Waals surface area contributed by atoms with E-state index < -0.39 is 10.1 Å². The minimum absolute atomic E-state index is 0.0602. The van der Waals surface area contributed by atoms with Crippen LogP contribution < -0.4 is 20.7 Å². The van der Waals surface area contributed by atoms with Crippen LogP contribution in [0.15, 0.2) is 52.7 Å².